The van der Waals surface area contributed by atoms with Gasteiger partial charge in [-0.15, -0.1) is 0 Å². The van der Waals surface area contributed by atoms with E-state index in [1.807, 2.05) is 41.3 Å². The van der Waals surface area contributed by atoms with Crippen LogP contribution in [-0.4, -0.2) is 30.5 Å². The summed E-state index contributed by atoms with van der Waals surface area (Å²) < 4.78 is 18.4. The number of nitrogens with zero attached hydrogens (tertiary/aromatic N) is 1. The van der Waals surface area contributed by atoms with Crippen LogP contribution in [-0.2, 0) is 18.6 Å². The number of fused-ring (bicyclic) bond motifs is 2. The molecule has 6 nitrogen and oxygen atoms in total. The van der Waals surface area contributed by atoms with Crippen molar-refractivity contribution in [1.82, 2.24) is 4.90 Å². The molecule has 7 heteroatoms. The van der Waals surface area contributed by atoms with Crippen molar-refractivity contribution in [3.63, 3.8) is 0 Å². The Morgan fingerprint density at radius 2 is 1.94 bits per heavy atom. The van der Waals surface area contributed by atoms with Crippen LogP contribution < -0.4 is 15.2 Å². The van der Waals surface area contributed by atoms with Gasteiger partial charge in [0.25, 0.3) is 5.91 Å². The summed E-state index contributed by atoms with van der Waals surface area (Å²) in [4.78, 5) is 14.9. The SMILES string of the molecule is NCc1ccc2c(c1)C1(CCN(C(=O)c3ccc(COc4ccccc4Br)o3)CC1)CO2. The minimum Gasteiger partial charge on any atom is -0.492 e. The molecule has 5 rings (SSSR count). The van der Waals surface area contributed by atoms with Crippen LogP contribution in [0.2, 0.25) is 0 Å². The molecule has 2 N–H and O–H groups in total. The molecule has 2 aliphatic rings. The zero-order valence-corrected chi connectivity index (χ0v) is 19.3. The second-order valence-electron chi connectivity index (χ2n) is 8.38. The van der Waals surface area contributed by atoms with Gasteiger partial charge in [-0.3, -0.25) is 4.79 Å². The highest BCUT2D eigenvalue weighted by molar-refractivity contribution is 9.10. The average Bonchev–Trinajstić information content (AvgIpc) is 3.44. The maximum atomic E-state index is 13.0. The van der Waals surface area contributed by atoms with E-state index in [0.29, 0.717) is 37.8 Å². The van der Waals surface area contributed by atoms with E-state index in [1.54, 1.807) is 12.1 Å². The van der Waals surface area contributed by atoms with Gasteiger partial charge in [-0.2, -0.15) is 0 Å². The number of amides is 1. The number of hydrogen-bond acceptors (Lipinski definition) is 5. The Hall–Kier alpha value is -2.77. The number of para-hydroxylation sites is 1. The molecular formula is C25H25BrN2O4. The lowest BCUT2D eigenvalue weighted by Gasteiger charge is -2.38. The molecule has 3 heterocycles. The third kappa shape index (κ3) is 3.91. The summed E-state index contributed by atoms with van der Waals surface area (Å²) in [6, 6.07) is 17.4. The van der Waals surface area contributed by atoms with Crippen molar-refractivity contribution in [1.29, 1.82) is 0 Å². The summed E-state index contributed by atoms with van der Waals surface area (Å²) in [5.41, 5.74) is 8.14. The van der Waals surface area contributed by atoms with Crippen LogP contribution in [0.25, 0.3) is 0 Å². The zero-order chi connectivity index (χ0) is 22.1. The van der Waals surface area contributed by atoms with Crippen molar-refractivity contribution in [3.8, 4) is 11.5 Å². The van der Waals surface area contributed by atoms with E-state index >= 15 is 0 Å². The smallest absolute Gasteiger partial charge is 0.289 e. The Morgan fingerprint density at radius 3 is 2.72 bits per heavy atom. The van der Waals surface area contributed by atoms with Crippen LogP contribution in [0.1, 0.15) is 40.3 Å². The number of ether oxygens (including phenoxy) is 2. The van der Waals surface area contributed by atoms with E-state index in [2.05, 4.69) is 22.0 Å². The summed E-state index contributed by atoms with van der Waals surface area (Å²) in [7, 11) is 0. The first-order valence-corrected chi connectivity index (χ1v) is 11.6. The molecule has 1 saturated heterocycles. The van der Waals surface area contributed by atoms with Crippen LogP contribution in [0, 0.1) is 0 Å². The molecule has 0 saturated carbocycles. The molecule has 1 fully saturated rings. The summed E-state index contributed by atoms with van der Waals surface area (Å²) in [5, 5.41) is 0. The fourth-order valence-electron chi connectivity index (χ4n) is 4.53. The number of furan rings is 1. The van der Waals surface area contributed by atoms with Gasteiger partial charge in [0.2, 0.25) is 0 Å². The number of nitrogens with two attached hydrogens (primary N) is 1. The molecule has 2 aromatic carbocycles. The maximum absolute atomic E-state index is 13.0. The van der Waals surface area contributed by atoms with Gasteiger partial charge in [0.1, 0.15) is 23.9 Å². The molecule has 0 unspecified atom stereocenters. The second kappa shape index (κ2) is 8.64. The molecule has 0 atom stereocenters. The molecule has 0 bridgehead atoms. The van der Waals surface area contributed by atoms with Crippen LogP contribution in [0.4, 0.5) is 0 Å². The maximum Gasteiger partial charge on any atom is 0.289 e. The quantitative estimate of drug-likeness (QED) is 0.556. The number of piperidine rings is 1. The van der Waals surface area contributed by atoms with Crippen molar-refractivity contribution in [2.75, 3.05) is 19.7 Å². The fourth-order valence-corrected chi connectivity index (χ4v) is 4.93. The van der Waals surface area contributed by atoms with Crippen molar-refractivity contribution >= 4 is 21.8 Å². The monoisotopic (exact) mass is 496 g/mol. The van der Waals surface area contributed by atoms with Gasteiger partial charge >= 0.3 is 0 Å². The van der Waals surface area contributed by atoms with Crippen LogP contribution in [0.5, 0.6) is 11.5 Å². The van der Waals surface area contributed by atoms with Crippen LogP contribution >= 0.6 is 15.9 Å². The number of carbonyl (C=O) groups excluding carboxylic acids is 1. The van der Waals surface area contributed by atoms with Crippen LogP contribution in [0.15, 0.2) is 63.5 Å². The average molecular weight is 497 g/mol. The van der Waals surface area contributed by atoms with Gasteiger partial charge in [-0.25, -0.2) is 0 Å². The van der Waals surface area contributed by atoms with E-state index in [1.165, 1.54) is 5.56 Å². The summed E-state index contributed by atoms with van der Waals surface area (Å²) in [6.45, 7) is 2.77. The molecule has 2 aliphatic heterocycles. The highest BCUT2D eigenvalue weighted by atomic mass is 79.9. The van der Waals surface area contributed by atoms with E-state index in [9.17, 15) is 4.79 Å². The number of hydrogen-bond donors (Lipinski definition) is 1. The Bertz CT molecular complexity index is 1130. The van der Waals surface area contributed by atoms with E-state index in [4.69, 9.17) is 19.6 Å². The van der Waals surface area contributed by atoms with E-state index in [-0.39, 0.29) is 17.9 Å². The van der Waals surface area contributed by atoms with E-state index < -0.39 is 0 Å². The topological polar surface area (TPSA) is 77.9 Å². The number of rotatable bonds is 5. The normalized spacial score (nSPS) is 16.6. The van der Waals surface area contributed by atoms with Crippen molar-refractivity contribution in [2.45, 2.75) is 31.4 Å². The summed E-state index contributed by atoms with van der Waals surface area (Å²) >= 11 is 3.46. The van der Waals surface area contributed by atoms with Crippen molar-refractivity contribution in [2.24, 2.45) is 5.73 Å². The minimum absolute atomic E-state index is 0.0392. The highest BCUT2D eigenvalue weighted by Gasteiger charge is 2.44. The first kappa shape index (κ1) is 21.1. The van der Waals surface area contributed by atoms with E-state index in [0.717, 1.165) is 34.4 Å². The number of halogens is 1. The van der Waals surface area contributed by atoms with Gasteiger partial charge in [0, 0.05) is 30.6 Å². The first-order chi connectivity index (χ1) is 15.6. The minimum atomic E-state index is -0.0816. The zero-order valence-electron chi connectivity index (χ0n) is 17.7. The third-order valence-corrected chi connectivity index (χ3v) is 7.10. The van der Waals surface area contributed by atoms with Gasteiger partial charge < -0.3 is 24.5 Å². The number of carbonyl (C=O) groups is 1. The lowest BCUT2D eigenvalue weighted by molar-refractivity contribution is 0.0612. The van der Waals surface area contributed by atoms with Gasteiger partial charge in [-0.1, -0.05) is 24.3 Å². The summed E-state index contributed by atoms with van der Waals surface area (Å²) in [5.74, 6) is 2.56. The van der Waals surface area contributed by atoms with Gasteiger partial charge in [0.05, 0.1) is 11.1 Å². The fraction of sp³-hybridized carbons (Fsp3) is 0.320. The standard InChI is InChI=1S/C25H25BrN2O4/c26-20-3-1-2-4-22(20)30-15-18-6-8-23(32-18)24(29)28-11-9-25(10-12-28)16-31-21-7-5-17(14-27)13-19(21)25/h1-8,13H,9-12,14-16,27H2. The lowest BCUT2D eigenvalue weighted by atomic mass is 9.74. The molecule has 1 spiro atoms. The van der Waals surface area contributed by atoms with Crippen molar-refractivity contribution in [3.05, 3.63) is 81.7 Å². The Morgan fingerprint density at radius 1 is 1.12 bits per heavy atom. The van der Waals surface area contributed by atoms with Crippen molar-refractivity contribution < 1.29 is 18.7 Å². The lowest BCUT2D eigenvalue weighted by Crippen LogP contribution is -2.46. The third-order valence-electron chi connectivity index (χ3n) is 6.44. The largest absolute Gasteiger partial charge is 0.492 e. The number of benzene rings is 2. The Kier molecular flexibility index (Phi) is 5.69. The Labute approximate surface area is 195 Å². The second-order valence-corrected chi connectivity index (χ2v) is 9.24. The Balaban J connectivity index is 1.22. The predicted molar refractivity (Wildman–Crippen MR) is 124 cm³/mol. The molecule has 32 heavy (non-hydrogen) atoms. The molecule has 1 amide bonds. The highest BCUT2D eigenvalue weighted by Crippen LogP contribution is 2.46. The first-order valence-electron chi connectivity index (χ1n) is 10.8. The molecule has 3 aromatic rings. The molecule has 166 valence electrons. The van der Waals surface area contributed by atoms with Gasteiger partial charge in [0.15, 0.2) is 5.76 Å². The molecule has 0 aliphatic carbocycles. The summed E-state index contributed by atoms with van der Waals surface area (Å²) in [6.07, 6.45) is 1.72. The molecular weight excluding hydrogens is 472 g/mol. The number of likely N-dealkylation sites (tertiary alicyclic amines) is 1. The molecule has 0 radical (unpaired) electrons. The van der Waals surface area contributed by atoms with Gasteiger partial charge in [-0.05, 0) is 64.7 Å². The predicted octanol–water partition coefficient (Wildman–Crippen LogP) is 4.65. The van der Waals surface area contributed by atoms with Crippen LogP contribution in [0.3, 0.4) is 0 Å². The molecule has 1 aromatic heterocycles.